The Balaban J connectivity index is 3.16. The van der Waals surface area contributed by atoms with Crippen LogP contribution >= 0.6 is 11.6 Å². The fourth-order valence-electron chi connectivity index (χ4n) is 1.81. The molecule has 0 heterocycles. The van der Waals surface area contributed by atoms with E-state index in [-0.39, 0.29) is 22.4 Å². The third-order valence-electron chi connectivity index (χ3n) is 2.81. The average molecular weight is 335 g/mol. The number of rotatable bonds is 7. The summed E-state index contributed by atoms with van der Waals surface area (Å²) in [6, 6.07) is 4.33. The van der Waals surface area contributed by atoms with Crippen molar-refractivity contribution in [1.82, 2.24) is 4.31 Å². The predicted molar refractivity (Wildman–Crippen MR) is 82.1 cm³/mol. The summed E-state index contributed by atoms with van der Waals surface area (Å²) in [5.74, 6) is -0.369. The number of hydrogen-bond donors (Lipinski definition) is 1. The van der Waals surface area contributed by atoms with E-state index in [4.69, 9.17) is 16.3 Å². The summed E-state index contributed by atoms with van der Waals surface area (Å²) in [6.07, 6.45) is 0. The molecule has 8 heteroatoms. The van der Waals surface area contributed by atoms with Crippen molar-refractivity contribution >= 4 is 33.2 Å². The molecule has 1 aromatic rings. The Hall–Kier alpha value is -1.15. The lowest BCUT2D eigenvalue weighted by molar-refractivity contribution is -0.119. The summed E-state index contributed by atoms with van der Waals surface area (Å²) in [5.41, 5.74) is 0.354. The first-order chi connectivity index (χ1) is 9.86. The normalized spacial score (nSPS) is 11.7. The fraction of sp³-hybridized carbons (Fsp3) is 0.462. The number of methoxy groups -OCH3 is 1. The molecular formula is C13H19ClN2O4S. The van der Waals surface area contributed by atoms with Crippen molar-refractivity contribution in [3.8, 4) is 0 Å². The Labute approximate surface area is 130 Å². The Bertz CT molecular complexity index is 600. The molecule has 0 aliphatic rings. The molecule has 0 aliphatic heterocycles. The van der Waals surface area contributed by atoms with Crippen molar-refractivity contribution < 1.29 is 17.9 Å². The van der Waals surface area contributed by atoms with Crippen LogP contribution in [-0.4, -0.2) is 45.4 Å². The van der Waals surface area contributed by atoms with E-state index in [1.165, 1.54) is 29.6 Å². The van der Waals surface area contributed by atoms with E-state index >= 15 is 0 Å². The van der Waals surface area contributed by atoms with Gasteiger partial charge in [-0.25, -0.2) is 8.42 Å². The molecule has 21 heavy (non-hydrogen) atoms. The van der Waals surface area contributed by atoms with Crippen LogP contribution in [0.15, 0.2) is 23.1 Å². The van der Waals surface area contributed by atoms with E-state index in [9.17, 15) is 13.2 Å². The quantitative estimate of drug-likeness (QED) is 0.827. The number of halogens is 1. The van der Waals surface area contributed by atoms with Crippen molar-refractivity contribution in [2.24, 2.45) is 0 Å². The van der Waals surface area contributed by atoms with Crippen molar-refractivity contribution in [3.05, 3.63) is 23.2 Å². The number of carbonyl (C=O) groups is 1. The fourth-order valence-corrected chi connectivity index (χ4v) is 3.77. The molecule has 6 nitrogen and oxygen atoms in total. The molecule has 0 saturated carbocycles. The maximum atomic E-state index is 12.5. The summed E-state index contributed by atoms with van der Waals surface area (Å²) in [7, 11) is -2.28. The predicted octanol–water partition coefficient (Wildman–Crippen LogP) is 1.96. The maximum absolute atomic E-state index is 12.5. The van der Waals surface area contributed by atoms with Gasteiger partial charge in [0.2, 0.25) is 15.9 Å². The van der Waals surface area contributed by atoms with Crippen LogP contribution in [-0.2, 0) is 19.6 Å². The molecule has 0 unspecified atom stereocenters. The summed E-state index contributed by atoms with van der Waals surface area (Å²) < 4.78 is 31.0. The minimum Gasteiger partial charge on any atom is -0.375 e. The molecule has 0 saturated heterocycles. The van der Waals surface area contributed by atoms with Gasteiger partial charge in [-0.15, -0.1) is 0 Å². The van der Waals surface area contributed by atoms with E-state index < -0.39 is 10.0 Å². The van der Waals surface area contributed by atoms with Gasteiger partial charge in [0, 0.05) is 25.9 Å². The van der Waals surface area contributed by atoms with Crippen LogP contribution in [0.1, 0.15) is 13.8 Å². The van der Waals surface area contributed by atoms with Gasteiger partial charge >= 0.3 is 0 Å². The summed E-state index contributed by atoms with van der Waals surface area (Å²) in [6.45, 7) is 4.07. The smallest absolute Gasteiger partial charge is 0.250 e. The van der Waals surface area contributed by atoms with Gasteiger partial charge < -0.3 is 10.1 Å². The lowest BCUT2D eigenvalue weighted by Gasteiger charge is -2.19. The number of ether oxygens (including phenoxy) is 1. The van der Waals surface area contributed by atoms with E-state index in [2.05, 4.69) is 5.32 Å². The van der Waals surface area contributed by atoms with Crippen molar-refractivity contribution in [3.63, 3.8) is 0 Å². The van der Waals surface area contributed by atoms with Crippen LogP contribution in [0.3, 0.4) is 0 Å². The zero-order valence-corrected chi connectivity index (χ0v) is 13.8. The second-order valence-corrected chi connectivity index (χ2v) is 6.53. The second kappa shape index (κ2) is 7.74. The van der Waals surface area contributed by atoms with Gasteiger partial charge in [-0.3, -0.25) is 4.79 Å². The first-order valence-corrected chi connectivity index (χ1v) is 8.27. The maximum Gasteiger partial charge on any atom is 0.250 e. The molecule has 1 aromatic carbocycles. The molecule has 0 aliphatic carbocycles. The van der Waals surface area contributed by atoms with E-state index in [0.717, 1.165) is 0 Å². The first-order valence-electron chi connectivity index (χ1n) is 6.45. The Kier molecular flexibility index (Phi) is 6.60. The van der Waals surface area contributed by atoms with Crippen LogP contribution in [0.2, 0.25) is 5.02 Å². The number of amides is 1. The molecule has 0 radical (unpaired) electrons. The van der Waals surface area contributed by atoms with E-state index in [0.29, 0.717) is 18.8 Å². The highest BCUT2D eigenvalue weighted by Crippen LogP contribution is 2.27. The Morgan fingerprint density at radius 1 is 1.33 bits per heavy atom. The molecule has 1 rings (SSSR count). The minimum absolute atomic E-state index is 0.0249. The first kappa shape index (κ1) is 17.9. The highest BCUT2D eigenvalue weighted by molar-refractivity contribution is 7.89. The Morgan fingerprint density at radius 2 is 1.95 bits per heavy atom. The van der Waals surface area contributed by atoms with Crippen molar-refractivity contribution in [2.45, 2.75) is 18.7 Å². The lowest BCUT2D eigenvalue weighted by atomic mass is 10.3. The highest BCUT2D eigenvalue weighted by Gasteiger charge is 2.24. The van der Waals surface area contributed by atoms with Gasteiger partial charge in [0.1, 0.15) is 11.5 Å². The number of benzene rings is 1. The van der Waals surface area contributed by atoms with Gasteiger partial charge in [0.05, 0.1) is 5.02 Å². The van der Waals surface area contributed by atoms with Crippen LogP contribution in [0, 0.1) is 0 Å². The van der Waals surface area contributed by atoms with Crippen LogP contribution in [0.25, 0.3) is 0 Å². The Morgan fingerprint density at radius 3 is 2.48 bits per heavy atom. The van der Waals surface area contributed by atoms with Crippen LogP contribution in [0.4, 0.5) is 5.69 Å². The van der Waals surface area contributed by atoms with Crippen LogP contribution in [0.5, 0.6) is 0 Å². The lowest BCUT2D eigenvalue weighted by Crippen LogP contribution is -2.31. The molecular weight excluding hydrogens is 316 g/mol. The van der Waals surface area contributed by atoms with E-state index in [1.807, 2.05) is 0 Å². The van der Waals surface area contributed by atoms with Gasteiger partial charge in [-0.2, -0.15) is 4.31 Å². The minimum atomic E-state index is -3.68. The third kappa shape index (κ3) is 4.41. The monoisotopic (exact) mass is 334 g/mol. The molecule has 118 valence electrons. The number of nitrogens with zero attached hydrogens (tertiary/aromatic N) is 1. The number of hydrogen-bond acceptors (Lipinski definition) is 4. The van der Waals surface area contributed by atoms with Crippen molar-refractivity contribution in [1.29, 1.82) is 0 Å². The summed E-state index contributed by atoms with van der Waals surface area (Å²) >= 11 is 5.99. The number of anilines is 1. The summed E-state index contributed by atoms with van der Waals surface area (Å²) in [4.78, 5) is 11.5. The summed E-state index contributed by atoms with van der Waals surface area (Å²) in [5, 5.41) is 2.67. The van der Waals surface area contributed by atoms with Gasteiger partial charge in [0.15, 0.2) is 0 Å². The molecule has 0 aromatic heterocycles. The van der Waals surface area contributed by atoms with Gasteiger partial charge in [0.25, 0.3) is 0 Å². The standard InChI is InChI=1S/C13H19ClN2O4S/c1-4-16(5-2)21(18,19)12-8-10(6-7-11(12)14)15-13(17)9-20-3/h6-8H,4-5,9H2,1-3H3,(H,15,17). The molecule has 1 amide bonds. The largest absolute Gasteiger partial charge is 0.375 e. The van der Waals surface area contributed by atoms with Gasteiger partial charge in [-0.1, -0.05) is 25.4 Å². The molecule has 0 fully saturated rings. The SMILES string of the molecule is CCN(CC)S(=O)(=O)c1cc(NC(=O)COC)ccc1Cl. The zero-order valence-electron chi connectivity index (χ0n) is 12.2. The molecule has 1 N–H and O–H groups in total. The van der Waals surface area contributed by atoms with Gasteiger partial charge in [-0.05, 0) is 18.2 Å². The van der Waals surface area contributed by atoms with Crippen molar-refractivity contribution in [2.75, 3.05) is 32.1 Å². The highest BCUT2D eigenvalue weighted by atomic mass is 35.5. The topological polar surface area (TPSA) is 75.7 Å². The number of sulfonamides is 1. The van der Waals surface area contributed by atoms with Crippen LogP contribution < -0.4 is 5.32 Å². The molecule has 0 bridgehead atoms. The number of nitrogens with one attached hydrogen (secondary N) is 1. The average Bonchev–Trinajstić information content (AvgIpc) is 2.42. The molecule has 0 atom stereocenters. The third-order valence-corrected chi connectivity index (χ3v) is 5.35. The zero-order chi connectivity index (χ0) is 16.0. The second-order valence-electron chi connectivity index (χ2n) is 4.22. The number of carbonyl (C=O) groups excluding carboxylic acids is 1. The van der Waals surface area contributed by atoms with E-state index in [1.54, 1.807) is 13.8 Å². The molecule has 0 spiro atoms.